The Kier molecular flexibility index (Phi) is 6.35. The Labute approximate surface area is 193 Å². The fourth-order valence-electron chi connectivity index (χ4n) is 4.07. The Balaban J connectivity index is 1.83. The normalized spacial score (nSPS) is 16.1. The van der Waals surface area contributed by atoms with Crippen molar-refractivity contribution in [1.29, 1.82) is 0 Å². The van der Waals surface area contributed by atoms with Gasteiger partial charge in [-0.3, -0.25) is 4.90 Å². The van der Waals surface area contributed by atoms with E-state index in [2.05, 4.69) is 10.5 Å². The number of nitrogens with zero attached hydrogens (tertiary/aromatic N) is 3. The van der Waals surface area contributed by atoms with E-state index in [-0.39, 0.29) is 6.03 Å². The van der Waals surface area contributed by atoms with Crippen molar-refractivity contribution in [2.75, 3.05) is 20.8 Å². The molecule has 1 aliphatic heterocycles. The fourth-order valence-corrected chi connectivity index (χ4v) is 4.07. The van der Waals surface area contributed by atoms with E-state index < -0.39 is 6.04 Å². The first-order valence-corrected chi connectivity index (χ1v) is 10.9. The van der Waals surface area contributed by atoms with E-state index >= 15 is 0 Å². The van der Waals surface area contributed by atoms with E-state index in [0.717, 1.165) is 34.4 Å². The van der Waals surface area contributed by atoms with E-state index in [0.29, 0.717) is 29.8 Å². The first-order valence-electron chi connectivity index (χ1n) is 10.9. The topological polar surface area (TPSA) is 89.7 Å². The minimum Gasteiger partial charge on any atom is -0.493 e. The molecule has 1 atom stereocenters. The first-order chi connectivity index (χ1) is 16.0. The van der Waals surface area contributed by atoms with Crippen LogP contribution < -0.4 is 14.8 Å². The molecule has 3 aromatic rings. The van der Waals surface area contributed by atoms with Gasteiger partial charge in [0.25, 0.3) is 5.89 Å². The Morgan fingerprint density at radius 1 is 1.09 bits per heavy atom. The second-order valence-electron chi connectivity index (χ2n) is 7.94. The number of aryl methyl sites for hydroxylation is 1. The van der Waals surface area contributed by atoms with Crippen molar-refractivity contribution in [2.45, 2.75) is 33.2 Å². The summed E-state index contributed by atoms with van der Waals surface area (Å²) in [6.45, 7) is 6.54. The van der Waals surface area contributed by atoms with E-state index in [4.69, 9.17) is 19.0 Å². The lowest BCUT2D eigenvalue weighted by molar-refractivity contribution is 0.205. The number of carbonyl (C=O) groups is 1. The molecule has 0 saturated carbocycles. The second kappa shape index (κ2) is 9.36. The first kappa shape index (κ1) is 22.4. The number of nitrogens with one attached hydrogen (secondary N) is 1. The molecule has 33 heavy (non-hydrogen) atoms. The highest BCUT2D eigenvalue weighted by Gasteiger charge is 2.35. The van der Waals surface area contributed by atoms with Gasteiger partial charge in [-0.2, -0.15) is 4.98 Å². The molecule has 4 rings (SSSR count). The van der Waals surface area contributed by atoms with Crippen molar-refractivity contribution in [1.82, 2.24) is 20.4 Å². The van der Waals surface area contributed by atoms with Gasteiger partial charge in [-0.1, -0.05) is 41.9 Å². The number of ether oxygens (including phenoxy) is 2. The van der Waals surface area contributed by atoms with Crippen LogP contribution in [-0.4, -0.2) is 41.8 Å². The van der Waals surface area contributed by atoms with Gasteiger partial charge in [0, 0.05) is 17.8 Å². The molecular weight excluding hydrogens is 420 g/mol. The number of aromatic nitrogens is 2. The number of benzene rings is 2. The molecule has 0 bridgehead atoms. The van der Waals surface area contributed by atoms with E-state index in [1.165, 1.54) is 0 Å². The Morgan fingerprint density at radius 3 is 2.58 bits per heavy atom. The maximum Gasteiger partial charge on any atom is 0.322 e. The molecule has 1 unspecified atom stereocenters. The van der Waals surface area contributed by atoms with Gasteiger partial charge in [0.1, 0.15) is 0 Å². The summed E-state index contributed by atoms with van der Waals surface area (Å²) in [7, 11) is 3.17. The largest absolute Gasteiger partial charge is 0.493 e. The second-order valence-corrected chi connectivity index (χ2v) is 7.94. The molecule has 172 valence electrons. The predicted octanol–water partition coefficient (Wildman–Crippen LogP) is 4.97. The average molecular weight is 449 g/mol. The van der Waals surface area contributed by atoms with Gasteiger partial charge in [-0.25, -0.2) is 4.79 Å². The van der Waals surface area contributed by atoms with Crippen LogP contribution in [0.25, 0.3) is 17.0 Å². The van der Waals surface area contributed by atoms with Crippen molar-refractivity contribution in [2.24, 2.45) is 0 Å². The lowest BCUT2D eigenvalue weighted by Crippen LogP contribution is -2.46. The van der Waals surface area contributed by atoms with Crippen LogP contribution in [0.3, 0.4) is 0 Å². The Morgan fingerprint density at radius 2 is 1.88 bits per heavy atom. The minimum atomic E-state index is -0.490. The molecule has 8 heteroatoms. The summed E-state index contributed by atoms with van der Waals surface area (Å²) < 4.78 is 16.6. The van der Waals surface area contributed by atoms with Crippen LogP contribution >= 0.6 is 0 Å². The molecule has 8 nitrogen and oxygen atoms in total. The van der Waals surface area contributed by atoms with Crippen molar-refractivity contribution < 1.29 is 18.8 Å². The highest BCUT2D eigenvalue weighted by atomic mass is 16.5. The third-order valence-corrected chi connectivity index (χ3v) is 5.72. The van der Waals surface area contributed by atoms with Gasteiger partial charge >= 0.3 is 6.03 Å². The number of rotatable bonds is 7. The third kappa shape index (κ3) is 4.28. The van der Waals surface area contributed by atoms with Crippen molar-refractivity contribution in [3.63, 3.8) is 0 Å². The minimum absolute atomic E-state index is 0.170. The summed E-state index contributed by atoms with van der Waals surface area (Å²) in [6, 6.07) is 12.8. The molecule has 2 amide bonds. The zero-order valence-corrected chi connectivity index (χ0v) is 19.5. The Hall–Kier alpha value is -3.81. The number of methoxy groups -OCH3 is 2. The molecule has 0 radical (unpaired) electrons. The van der Waals surface area contributed by atoms with Gasteiger partial charge < -0.3 is 19.3 Å². The molecule has 1 N–H and O–H groups in total. The van der Waals surface area contributed by atoms with E-state index in [1.807, 2.05) is 63.2 Å². The highest BCUT2D eigenvalue weighted by molar-refractivity contribution is 5.87. The zero-order valence-electron chi connectivity index (χ0n) is 19.5. The smallest absolute Gasteiger partial charge is 0.322 e. The quantitative estimate of drug-likeness (QED) is 0.549. The van der Waals surface area contributed by atoms with Crippen molar-refractivity contribution >= 4 is 11.6 Å². The fraction of sp³-hybridized carbons (Fsp3) is 0.320. The van der Waals surface area contributed by atoms with Crippen LogP contribution in [0.5, 0.6) is 11.5 Å². The van der Waals surface area contributed by atoms with Crippen LogP contribution in [0.15, 0.2) is 52.7 Å². The summed E-state index contributed by atoms with van der Waals surface area (Å²) in [5, 5.41) is 7.32. The van der Waals surface area contributed by atoms with Crippen LogP contribution in [0.4, 0.5) is 4.79 Å². The van der Waals surface area contributed by atoms with Crippen LogP contribution in [0, 0.1) is 6.92 Å². The lowest BCUT2D eigenvalue weighted by Gasteiger charge is -2.35. The molecule has 2 heterocycles. The summed E-state index contributed by atoms with van der Waals surface area (Å²) in [6.07, 6.45) is 0.817. The van der Waals surface area contributed by atoms with E-state index in [9.17, 15) is 4.79 Å². The van der Waals surface area contributed by atoms with Gasteiger partial charge in [-0.15, -0.1) is 0 Å². The number of hydrogen-bond acceptors (Lipinski definition) is 6. The van der Waals surface area contributed by atoms with Crippen molar-refractivity contribution in [3.8, 4) is 22.9 Å². The van der Waals surface area contributed by atoms with E-state index in [1.54, 1.807) is 19.1 Å². The highest BCUT2D eigenvalue weighted by Crippen LogP contribution is 2.40. The maximum absolute atomic E-state index is 13.0. The van der Waals surface area contributed by atoms with Crippen LogP contribution in [0.1, 0.15) is 43.3 Å². The molecule has 0 spiro atoms. The van der Waals surface area contributed by atoms with Gasteiger partial charge in [-0.05, 0) is 44.0 Å². The Bertz CT molecular complexity index is 1200. The molecule has 2 aromatic carbocycles. The number of carbonyl (C=O) groups excluding carboxylic acids is 1. The average Bonchev–Trinajstić information content (AvgIpc) is 3.30. The lowest BCUT2D eigenvalue weighted by atomic mass is 9.94. The molecule has 1 aliphatic rings. The van der Waals surface area contributed by atoms with Crippen LogP contribution in [0.2, 0.25) is 0 Å². The number of urea groups is 1. The molecule has 0 saturated heterocycles. The standard InChI is InChI=1S/C25H28N4O4/c1-6-12-29-16(3)21(24-27-23(28-33-24)18-9-7-8-15(2)13-18)22(26-25(29)30)17-10-11-19(31-4)20(14-17)32-5/h7-11,13-14,22H,6,12H2,1-5H3,(H,26,30). The summed E-state index contributed by atoms with van der Waals surface area (Å²) in [5.41, 5.74) is 4.33. The number of hydrogen-bond donors (Lipinski definition) is 1. The zero-order chi connectivity index (χ0) is 23.5. The third-order valence-electron chi connectivity index (χ3n) is 5.72. The van der Waals surface area contributed by atoms with Gasteiger partial charge in [0.2, 0.25) is 5.82 Å². The van der Waals surface area contributed by atoms with Crippen LogP contribution in [-0.2, 0) is 0 Å². The molecule has 1 aromatic heterocycles. The molecule has 0 aliphatic carbocycles. The number of allylic oxidation sites excluding steroid dienone is 1. The van der Waals surface area contributed by atoms with Gasteiger partial charge in [0.05, 0.1) is 25.8 Å². The maximum atomic E-state index is 13.0. The van der Waals surface area contributed by atoms with Crippen molar-refractivity contribution in [3.05, 3.63) is 65.2 Å². The summed E-state index contributed by atoms with van der Waals surface area (Å²) in [5.74, 6) is 2.05. The summed E-state index contributed by atoms with van der Waals surface area (Å²) in [4.78, 5) is 19.4. The predicted molar refractivity (Wildman–Crippen MR) is 125 cm³/mol. The monoisotopic (exact) mass is 448 g/mol. The SMILES string of the molecule is CCCN1C(=O)NC(c2ccc(OC)c(OC)c2)C(c2nc(-c3cccc(C)c3)no2)=C1C. The molecule has 0 fully saturated rings. The van der Waals surface area contributed by atoms with Gasteiger partial charge in [0.15, 0.2) is 11.5 Å². The number of amides is 2. The molecular formula is C25H28N4O4. The summed E-state index contributed by atoms with van der Waals surface area (Å²) >= 11 is 0.